The van der Waals surface area contributed by atoms with Crippen LogP contribution >= 0.6 is 27.5 Å². The summed E-state index contributed by atoms with van der Waals surface area (Å²) in [4.78, 5) is 18.9. The summed E-state index contributed by atoms with van der Waals surface area (Å²) in [5, 5.41) is 0.270. The highest BCUT2D eigenvalue weighted by Gasteiger charge is 2.32. The monoisotopic (exact) mass is 460 g/mol. The van der Waals surface area contributed by atoms with Gasteiger partial charge in [0, 0.05) is 29.3 Å². The summed E-state index contributed by atoms with van der Waals surface area (Å²) in [6.45, 7) is 0.207. The number of amides is 1. The molecule has 142 valence electrons. The largest absolute Gasteiger partial charge is 0.436 e. The average Bonchev–Trinajstić information content (AvgIpc) is 3.01. The number of para-hydroxylation sites is 1. The maximum absolute atomic E-state index is 13.3. The van der Waals surface area contributed by atoms with Crippen LogP contribution in [0.3, 0.4) is 0 Å². The van der Waals surface area contributed by atoms with E-state index >= 15 is 0 Å². The van der Waals surface area contributed by atoms with Gasteiger partial charge in [0.25, 0.3) is 5.91 Å². The van der Waals surface area contributed by atoms with Gasteiger partial charge >= 0.3 is 0 Å². The molecule has 0 spiro atoms. The molecular weight excluding hydrogens is 447 g/mol. The smallest absolute Gasteiger partial charge is 0.260 e. The molecule has 1 aromatic heterocycles. The Morgan fingerprint density at radius 2 is 1.96 bits per heavy atom. The zero-order valence-corrected chi connectivity index (χ0v) is 17.0. The number of halogens is 3. The lowest BCUT2D eigenvalue weighted by atomic mass is 10.1. The van der Waals surface area contributed by atoms with Gasteiger partial charge in [0.1, 0.15) is 12.2 Å². The van der Waals surface area contributed by atoms with Gasteiger partial charge in [-0.05, 0) is 35.4 Å². The van der Waals surface area contributed by atoms with Crippen molar-refractivity contribution in [3.63, 3.8) is 0 Å². The van der Waals surface area contributed by atoms with Gasteiger partial charge in [0.05, 0.1) is 5.02 Å². The second kappa shape index (κ2) is 7.89. The molecule has 4 nitrogen and oxygen atoms in total. The minimum Gasteiger partial charge on any atom is -0.436 e. The van der Waals surface area contributed by atoms with Crippen LogP contribution in [0.25, 0.3) is 0 Å². The van der Waals surface area contributed by atoms with Crippen LogP contribution < -0.4 is 4.74 Å². The fraction of sp³-hybridized carbons (Fsp3) is 0.143. The van der Waals surface area contributed by atoms with Crippen LogP contribution in [-0.2, 0) is 19.8 Å². The first-order valence-corrected chi connectivity index (χ1v) is 9.76. The van der Waals surface area contributed by atoms with E-state index < -0.39 is 6.67 Å². The van der Waals surface area contributed by atoms with Crippen LogP contribution in [0.1, 0.15) is 27.0 Å². The van der Waals surface area contributed by atoms with Crippen molar-refractivity contribution in [2.24, 2.45) is 0 Å². The minimum atomic E-state index is -0.728. The number of carbonyl (C=O) groups excluding carboxylic acids is 1. The highest BCUT2D eigenvalue weighted by Crippen LogP contribution is 2.37. The maximum Gasteiger partial charge on any atom is 0.260 e. The molecule has 0 fully saturated rings. The van der Waals surface area contributed by atoms with Gasteiger partial charge in [0.15, 0.2) is 5.75 Å². The Kier molecular flexibility index (Phi) is 5.33. The summed E-state index contributed by atoms with van der Waals surface area (Å²) < 4.78 is 20.1. The summed E-state index contributed by atoms with van der Waals surface area (Å²) in [5.74, 6) is 0.158. The average molecular weight is 462 g/mol. The fourth-order valence-corrected chi connectivity index (χ4v) is 3.66. The van der Waals surface area contributed by atoms with Crippen molar-refractivity contribution in [1.82, 2.24) is 9.88 Å². The normalized spacial score (nSPS) is 13.0. The van der Waals surface area contributed by atoms with Gasteiger partial charge in [-0.1, -0.05) is 51.8 Å². The van der Waals surface area contributed by atoms with Crippen molar-refractivity contribution in [2.45, 2.75) is 19.8 Å². The number of carbonyl (C=O) groups is 1. The lowest BCUT2D eigenvalue weighted by Crippen LogP contribution is -2.23. The number of pyridine rings is 1. The quantitative estimate of drug-likeness (QED) is 0.474. The van der Waals surface area contributed by atoms with Crippen LogP contribution in [0, 0.1) is 0 Å². The molecule has 2 heterocycles. The zero-order valence-electron chi connectivity index (χ0n) is 14.7. The van der Waals surface area contributed by atoms with Crippen molar-refractivity contribution in [3.8, 4) is 11.6 Å². The van der Waals surface area contributed by atoms with Crippen LogP contribution in [-0.4, -0.2) is 15.8 Å². The van der Waals surface area contributed by atoms with E-state index in [0.717, 1.165) is 15.6 Å². The number of hydrogen-bond acceptors (Lipinski definition) is 3. The van der Waals surface area contributed by atoms with E-state index in [-0.39, 0.29) is 22.6 Å². The number of hydrogen-bond donors (Lipinski definition) is 0. The molecule has 0 radical (unpaired) electrons. The summed E-state index contributed by atoms with van der Waals surface area (Å²) in [6.07, 6.45) is 1.58. The summed E-state index contributed by atoms with van der Waals surface area (Å²) in [6, 6.07) is 14.5. The van der Waals surface area contributed by atoms with E-state index in [1.165, 1.54) is 0 Å². The number of rotatable bonds is 5. The maximum atomic E-state index is 13.3. The molecule has 0 atom stereocenters. The molecule has 0 saturated heterocycles. The van der Waals surface area contributed by atoms with E-state index in [1.807, 2.05) is 24.3 Å². The molecular formula is C21H15BrClFN2O2. The van der Waals surface area contributed by atoms with Crippen molar-refractivity contribution < 1.29 is 13.9 Å². The molecule has 1 amide bonds. The number of ether oxygens (including phenoxy) is 1. The Morgan fingerprint density at radius 3 is 2.71 bits per heavy atom. The zero-order chi connectivity index (χ0) is 19.7. The first-order chi connectivity index (χ1) is 13.6. The van der Waals surface area contributed by atoms with Gasteiger partial charge in [-0.15, -0.1) is 0 Å². The van der Waals surface area contributed by atoms with Crippen LogP contribution in [0.5, 0.6) is 11.6 Å². The van der Waals surface area contributed by atoms with Gasteiger partial charge in [0.2, 0.25) is 5.88 Å². The third kappa shape index (κ3) is 3.62. The minimum absolute atomic E-state index is 0.142. The van der Waals surface area contributed by atoms with E-state index in [9.17, 15) is 9.18 Å². The van der Waals surface area contributed by atoms with Crippen LogP contribution in [0.4, 0.5) is 4.39 Å². The lowest BCUT2D eigenvalue weighted by Gasteiger charge is -2.16. The number of nitrogens with zero attached hydrogens (tertiary/aromatic N) is 2. The molecule has 28 heavy (non-hydrogen) atoms. The third-order valence-corrected chi connectivity index (χ3v) is 5.37. The van der Waals surface area contributed by atoms with Gasteiger partial charge in [-0.3, -0.25) is 4.79 Å². The fourth-order valence-electron chi connectivity index (χ4n) is 3.16. The highest BCUT2D eigenvalue weighted by atomic mass is 79.9. The van der Waals surface area contributed by atoms with Gasteiger partial charge in [-0.25, -0.2) is 9.37 Å². The van der Waals surface area contributed by atoms with Crippen LogP contribution in [0.2, 0.25) is 5.02 Å². The molecule has 0 N–H and O–H groups in total. The van der Waals surface area contributed by atoms with E-state index in [4.69, 9.17) is 16.3 Å². The van der Waals surface area contributed by atoms with Crippen molar-refractivity contribution in [1.29, 1.82) is 0 Å². The summed E-state index contributed by atoms with van der Waals surface area (Å²) >= 11 is 9.58. The predicted molar refractivity (Wildman–Crippen MR) is 108 cm³/mol. The third-order valence-electron chi connectivity index (χ3n) is 4.54. The van der Waals surface area contributed by atoms with E-state index in [2.05, 4.69) is 20.9 Å². The first kappa shape index (κ1) is 18.9. The van der Waals surface area contributed by atoms with Gasteiger partial charge < -0.3 is 9.64 Å². The molecule has 7 heteroatoms. The van der Waals surface area contributed by atoms with Crippen molar-refractivity contribution in [3.05, 3.63) is 86.5 Å². The molecule has 0 bridgehead atoms. The summed E-state index contributed by atoms with van der Waals surface area (Å²) in [7, 11) is 0. The molecule has 1 aliphatic heterocycles. The second-order valence-corrected chi connectivity index (χ2v) is 7.72. The van der Waals surface area contributed by atoms with Gasteiger partial charge in [-0.2, -0.15) is 0 Å². The Morgan fingerprint density at radius 1 is 1.18 bits per heavy atom. The number of aromatic nitrogens is 1. The van der Waals surface area contributed by atoms with E-state index in [0.29, 0.717) is 24.2 Å². The number of alkyl halides is 1. The summed E-state index contributed by atoms with van der Waals surface area (Å²) in [5.41, 5.74) is 2.54. The molecule has 0 unspecified atom stereocenters. The molecule has 1 aliphatic rings. The van der Waals surface area contributed by atoms with Crippen LogP contribution in [0.15, 0.2) is 59.2 Å². The Labute approximate surface area is 175 Å². The second-order valence-electron chi connectivity index (χ2n) is 6.40. The molecule has 0 saturated carbocycles. The standard InChI is InChI=1S/C21H15BrClFN2O2/c22-16-6-4-13(5-7-16)11-26-12-15-8-9-25-20(18(15)21(26)27)28-19-14(10-24)2-1-3-17(19)23/h1-9H,10-12H2. The number of benzene rings is 2. The van der Waals surface area contributed by atoms with E-state index in [1.54, 1.807) is 35.4 Å². The Bertz CT molecular complexity index is 1040. The molecule has 4 rings (SSSR count). The lowest BCUT2D eigenvalue weighted by molar-refractivity contribution is 0.0764. The highest BCUT2D eigenvalue weighted by molar-refractivity contribution is 9.10. The topological polar surface area (TPSA) is 42.4 Å². The predicted octanol–water partition coefficient (Wildman–Crippen LogP) is 5.92. The number of fused-ring (bicyclic) bond motifs is 1. The molecule has 0 aliphatic carbocycles. The first-order valence-electron chi connectivity index (χ1n) is 8.59. The van der Waals surface area contributed by atoms with Crippen molar-refractivity contribution >= 4 is 33.4 Å². The Balaban J connectivity index is 1.63. The molecule has 3 aromatic rings. The Hall–Kier alpha value is -2.44. The van der Waals surface area contributed by atoms with Crippen molar-refractivity contribution in [2.75, 3.05) is 0 Å². The molecule has 2 aromatic carbocycles. The SMILES string of the molecule is O=C1c2c(ccnc2Oc2c(Cl)cccc2CF)CN1Cc1ccc(Br)cc1.